The van der Waals surface area contributed by atoms with Gasteiger partial charge in [0, 0.05) is 11.1 Å². The Morgan fingerprint density at radius 1 is 1.24 bits per heavy atom. The van der Waals surface area contributed by atoms with Crippen LogP contribution in [0.4, 0.5) is 0 Å². The van der Waals surface area contributed by atoms with Gasteiger partial charge < -0.3 is 4.98 Å². The van der Waals surface area contributed by atoms with E-state index in [9.17, 15) is 0 Å². The molecule has 0 atom stereocenters. The third kappa shape index (κ3) is 4.26. The number of H-pyrrole nitrogens is 1. The Balaban J connectivity index is 2.11. The van der Waals surface area contributed by atoms with E-state index in [2.05, 4.69) is 59.9 Å². The molecule has 0 aliphatic rings. The van der Waals surface area contributed by atoms with Crippen molar-refractivity contribution in [2.75, 3.05) is 11.1 Å². The van der Waals surface area contributed by atoms with Gasteiger partial charge in [0.2, 0.25) is 0 Å². The number of alkyl halides is 1. The van der Waals surface area contributed by atoms with Crippen molar-refractivity contribution >= 4 is 38.7 Å². The van der Waals surface area contributed by atoms with Gasteiger partial charge in [-0.1, -0.05) is 60.4 Å². The molecule has 4 heteroatoms. The van der Waals surface area contributed by atoms with Crippen molar-refractivity contribution in [1.29, 1.82) is 0 Å². The molecule has 0 bridgehead atoms. The van der Waals surface area contributed by atoms with Crippen molar-refractivity contribution in [3.05, 3.63) is 23.8 Å². The quantitative estimate of drug-likeness (QED) is 0.460. The minimum absolute atomic E-state index is 0.392. The maximum Gasteiger partial charge on any atom is 0.166 e. The van der Waals surface area contributed by atoms with Crippen LogP contribution in [0.25, 0.3) is 11.0 Å². The van der Waals surface area contributed by atoms with Gasteiger partial charge in [0.1, 0.15) is 0 Å². The van der Waals surface area contributed by atoms with Crippen molar-refractivity contribution < 1.29 is 0 Å². The van der Waals surface area contributed by atoms with Crippen LogP contribution in [0.2, 0.25) is 0 Å². The van der Waals surface area contributed by atoms with E-state index in [-0.39, 0.29) is 0 Å². The lowest BCUT2D eigenvalue weighted by atomic mass is 9.83. The highest BCUT2D eigenvalue weighted by atomic mass is 79.9. The summed E-state index contributed by atoms with van der Waals surface area (Å²) in [6.45, 7) is 6.68. The molecule has 0 saturated heterocycles. The van der Waals surface area contributed by atoms with Gasteiger partial charge in [-0.05, 0) is 42.9 Å². The molecule has 0 radical (unpaired) electrons. The number of fused-ring (bicyclic) bond motifs is 1. The van der Waals surface area contributed by atoms with Crippen LogP contribution in [-0.2, 0) is 0 Å². The van der Waals surface area contributed by atoms with Crippen molar-refractivity contribution in [2.24, 2.45) is 5.41 Å². The number of hydrogen-bond acceptors (Lipinski definition) is 2. The second-order valence-corrected chi connectivity index (χ2v) is 7.51. The molecule has 2 nitrogen and oxygen atoms in total. The van der Waals surface area contributed by atoms with Gasteiger partial charge in [0.25, 0.3) is 0 Å². The summed E-state index contributed by atoms with van der Waals surface area (Å²) in [6, 6.07) is 6.39. The molecule has 0 saturated carbocycles. The fraction of sp³-hybridized carbons (Fsp3) is 0.588. The largest absolute Gasteiger partial charge is 0.333 e. The molecule has 2 rings (SSSR count). The number of aryl methyl sites for hydroxylation is 1. The summed E-state index contributed by atoms with van der Waals surface area (Å²) in [4.78, 5) is 8.16. The van der Waals surface area contributed by atoms with Crippen LogP contribution in [0.15, 0.2) is 23.4 Å². The summed E-state index contributed by atoms with van der Waals surface area (Å²) >= 11 is 5.62. The number of imidazole rings is 1. The van der Waals surface area contributed by atoms with Gasteiger partial charge >= 0.3 is 0 Å². The van der Waals surface area contributed by atoms with Crippen LogP contribution >= 0.6 is 27.7 Å². The first kappa shape index (κ1) is 16.9. The minimum atomic E-state index is 0.392. The molecule has 1 aromatic carbocycles. The number of hydrogen-bond donors (Lipinski definition) is 1. The second-order valence-electron chi connectivity index (χ2n) is 5.98. The number of aromatic amines is 1. The Labute approximate surface area is 140 Å². The van der Waals surface area contributed by atoms with Crippen molar-refractivity contribution in [3.63, 3.8) is 0 Å². The van der Waals surface area contributed by atoms with Gasteiger partial charge in [-0.15, -0.1) is 0 Å². The standard InChI is InChI=1S/C17H25BrN2S/c1-4-8-17(11-18,9-5-2)12-21-16-19-14-7-6-13(3)10-15(14)20-16/h6-7,10H,4-5,8-9,11-12H2,1-3H3,(H,19,20). The van der Waals surface area contributed by atoms with Crippen LogP contribution < -0.4 is 0 Å². The Morgan fingerprint density at radius 3 is 2.57 bits per heavy atom. The molecule has 0 unspecified atom stereocenters. The number of benzene rings is 1. The molecule has 0 fully saturated rings. The van der Waals surface area contributed by atoms with E-state index in [1.165, 1.54) is 31.2 Å². The summed E-state index contributed by atoms with van der Waals surface area (Å²) in [7, 11) is 0. The van der Waals surface area contributed by atoms with E-state index in [4.69, 9.17) is 4.98 Å². The maximum atomic E-state index is 4.70. The molecule has 2 aromatic rings. The third-order valence-electron chi connectivity index (χ3n) is 3.97. The molecular weight excluding hydrogens is 344 g/mol. The van der Waals surface area contributed by atoms with Crippen molar-refractivity contribution in [2.45, 2.75) is 51.6 Å². The van der Waals surface area contributed by atoms with Gasteiger partial charge in [-0.2, -0.15) is 0 Å². The monoisotopic (exact) mass is 368 g/mol. The highest BCUT2D eigenvalue weighted by Crippen LogP contribution is 2.37. The molecule has 1 heterocycles. The van der Waals surface area contributed by atoms with Crippen LogP contribution in [0.1, 0.15) is 45.1 Å². The Kier molecular flexibility index (Phi) is 6.18. The topological polar surface area (TPSA) is 28.7 Å². The van der Waals surface area contributed by atoms with Crippen LogP contribution in [0, 0.1) is 12.3 Å². The van der Waals surface area contributed by atoms with Gasteiger partial charge in [-0.3, -0.25) is 0 Å². The Hall–Kier alpha value is -0.480. The first-order valence-corrected chi connectivity index (χ1v) is 9.88. The first-order chi connectivity index (χ1) is 10.1. The molecule has 0 spiro atoms. The predicted molar refractivity (Wildman–Crippen MR) is 97.6 cm³/mol. The fourth-order valence-electron chi connectivity index (χ4n) is 2.89. The maximum absolute atomic E-state index is 4.70. The van der Waals surface area contributed by atoms with Crippen LogP contribution in [-0.4, -0.2) is 21.1 Å². The lowest BCUT2D eigenvalue weighted by molar-refractivity contribution is 0.320. The van der Waals surface area contributed by atoms with Crippen molar-refractivity contribution in [1.82, 2.24) is 9.97 Å². The summed E-state index contributed by atoms with van der Waals surface area (Å²) < 4.78 is 0. The second kappa shape index (κ2) is 7.68. The highest BCUT2D eigenvalue weighted by Gasteiger charge is 2.27. The lowest BCUT2D eigenvalue weighted by Gasteiger charge is -2.30. The van der Waals surface area contributed by atoms with E-state index < -0.39 is 0 Å². The number of aromatic nitrogens is 2. The molecule has 0 aliphatic carbocycles. The fourth-order valence-corrected chi connectivity index (χ4v) is 5.09. The highest BCUT2D eigenvalue weighted by molar-refractivity contribution is 9.09. The van der Waals surface area contributed by atoms with Gasteiger partial charge in [-0.25, -0.2) is 4.98 Å². The molecule has 116 valence electrons. The smallest absolute Gasteiger partial charge is 0.166 e. The average Bonchev–Trinajstić information content (AvgIpc) is 2.87. The normalized spacial score (nSPS) is 12.2. The summed E-state index contributed by atoms with van der Waals surface area (Å²) in [5, 5.41) is 2.13. The Bertz CT molecular complexity index is 573. The van der Waals surface area contributed by atoms with E-state index >= 15 is 0 Å². The molecule has 21 heavy (non-hydrogen) atoms. The average molecular weight is 369 g/mol. The van der Waals surface area contributed by atoms with E-state index in [1.54, 1.807) is 0 Å². The minimum Gasteiger partial charge on any atom is -0.333 e. The van der Waals surface area contributed by atoms with E-state index in [0.717, 1.165) is 27.3 Å². The Morgan fingerprint density at radius 2 is 1.95 bits per heavy atom. The van der Waals surface area contributed by atoms with Crippen molar-refractivity contribution in [3.8, 4) is 0 Å². The number of nitrogens with zero attached hydrogens (tertiary/aromatic N) is 1. The third-order valence-corrected chi connectivity index (χ3v) is 6.39. The summed E-state index contributed by atoms with van der Waals surface area (Å²) in [6.07, 6.45) is 5.04. The van der Waals surface area contributed by atoms with E-state index in [1.807, 2.05) is 11.8 Å². The number of thioether (sulfide) groups is 1. The SMILES string of the molecule is CCCC(CBr)(CCC)CSc1nc2ccc(C)cc2[nH]1. The zero-order valence-electron chi connectivity index (χ0n) is 13.2. The van der Waals surface area contributed by atoms with Gasteiger partial charge in [0.15, 0.2) is 5.16 Å². The first-order valence-electron chi connectivity index (χ1n) is 7.77. The van der Waals surface area contributed by atoms with Crippen LogP contribution in [0.3, 0.4) is 0 Å². The number of rotatable bonds is 8. The number of nitrogens with one attached hydrogen (secondary N) is 1. The number of halogens is 1. The van der Waals surface area contributed by atoms with Gasteiger partial charge in [0.05, 0.1) is 11.0 Å². The predicted octanol–water partition coefficient (Wildman–Crippen LogP) is 5.94. The molecular formula is C17H25BrN2S. The zero-order chi connectivity index (χ0) is 15.3. The molecule has 0 amide bonds. The summed E-state index contributed by atoms with van der Waals surface area (Å²) in [5.74, 6) is 1.12. The van der Waals surface area contributed by atoms with E-state index in [0.29, 0.717) is 5.41 Å². The zero-order valence-corrected chi connectivity index (χ0v) is 15.6. The summed E-state index contributed by atoms with van der Waals surface area (Å²) in [5.41, 5.74) is 3.88. The lowest BCUT2D eigenvalue weighted by Crippen LogP contribution is -2.25. The molecule has 0 aliphatic heterocycles. The molecule has 1 aromatic heterocycles. The van der Waals surface area contributed by atoms with Crippen LogP contribution in [0.5, 0.6) is 0 Å². The molecule has 1 N–H and O–H groups in total.